The van der Waals surface area contributed by atoms with E-state index in [1.807, 2.05) is 4.72 Å². The summed E-state index contributed by atoms with van der Waals surface area (Å²) in [7, 11) is -3.90. The third-order valence-electron chi connectivity index (χ3n) is 6.39. The number of hydrogen-bond acceptors (Lipinski definition) is 5. The second-order valence-electron chi connectivity index (χ2n) is 9.18. The molecule has 0 radical (unpaired) electrons. The highest BCUT2D eigenvalue weighted by Crippen LogP contribution is 2.35. The predicted octanol–water partition coefficient (Wildman–Crippen LogP) is 5.59. The van der Waals surface area contributed by atoms with Crippen LogP contribution in [-0.2, 0) is 16.2 Å². The van der Waals surface area contributed by atoms with Crippen molar-refractivity contribution < 1.29 is 39.6 Å². The molecule has 0 unspecified atom stereocenters. The molecule has 7 nitrogen and oxygen atoms in total. The van der Waals surface area contributed by atoms with Gasteiger partial charge >= 0.3 is 6.18 Å². The Morgan fingerprint density at radius 2 is 1.74 bits per heavy atom. The summed E-state index contributed by atoms with van der Waals surface area (Å²) >= 11 is 0. The highest BCUT2D eigenvalue weighted by molar-refractivity contribution is 7.92. The van der Waals surface area contributed by atoms with E-state index in [9.17, 15) is 39.6 Å². The number of pyridine rings is 1. The lowest BCUT2D eigenvalue weighted by atomic mass is 9.90. The molecule has 0 spiro atoms. The lowest BCUT2D eigenvalue weighted by molar-refractivity contribution is -0.140. The maximum Gasteiger partial charge on any atom is 0.433 e. The van der Waals surface area contributed by atoms with Crippen LogP contribution in [0.2, 0.25) is 0 Å². The lowest BCUT2D eigenvalue weighted by Gasteiger charge is -2.31. The number of benzene rings is 2. The first kappa shape index (κ1) is 28.5. The number of alkyl halides is 3. The molecule has 0 aliphatic heterocycles. The molecule has 39 heavy (non-hydrogen) atoms. The molecule has 1 aromatic heterocycles. The van der Waals surface area contributed by atoms with Crippen LogP contribution in [0, 0.1) is 17.5 Å². The molecule has 3 N–H and O–H groups in total. The van der Waals surface area contributed by atoms with Gasteiger partial charge in [-0.15, -0.1) is 0 Å². The van der Waals surface area contributed by atoms with Gasteiger partial charge in [-0.3, -0.25) is 9.52 Å². The quantitative estimate of drug-likeness (QED) is 0.320. The van der Waals surface area contributed by atoms with Gasteiger partial charge in [0.1, 0.15) is 22.9 Å². The number of hydrogen-bond donors (Lipinski definition) is 3. The number of amides is 1. The van der Waals surface area contributed by atoms with E-state index in [-0.39, 0.29) is 28.8 Å². The largest absolute Gasteiger partial charge is 0.433 e. The third-order valence-corrected chi connectivity index (χ3v) is 7.68. The second kappa shape index (κ2) is 10.9. The van der Waals surface area contributed by atoms with E-state index in [4.69, 9.17) is 0 Å². The highest BCUT2D eigenvalue weighted by Gasteiger charge is 2.34. The average Bonchev–Trinajstić information content (AvgIpc) is 2.85. The van der Waals surface area contributed by atoms with Crippen LogP contribution in [0.15, 0.2) is 36.4 Å². The number of carbonyl (C=O) groups excluding carboxylic acids is 1. The summed E-state index contributed by atoms with van der Waals surface area (Å²) in [6.07, 6.45) is -3.10. The fraction of sp³-hybridized carbons (Fsp3) is 0.360. The van der Waals surface area contributed by atoms with Crippen LogP contribution < -0.4 is 15.4 Å². The molecule has 210 valence electrons. The van der Waals surface area contributed by atoms with E-state index in [0.29, 0.717) is 19.3 Å². The van der Waals surface area contributed by atoms with Crippen molar-refractivity contribution in [2.45, 2.75) is 50.9 Å². The van der Waals surface area contributed by atoms with Gasteiger partial charge < -0.3 is 10.6 Å². The molecule has 4 rings (SSSR count). The third kappa shape index (κ3) is 6.54. The molecule has 1 aliphatic rings. The van der Waals surface area contributed by atoms with Gasteiger partial charge in [0.2, 0.25) is 10.0 Å². The molecule has 14 heteroatoms. The Hall–Kier alpha value is -3.55. The number of rotatable bonds is 7. The number of carbonyl (C=O) groups is 1. The highest BCUT2D eigenvalue weighted by atomic mass is 32.2. The fourth-order valence-electron chi connectivity index (χ4n) is 4.47. The van der Waals surface area contributed by atoms with Crippen molar-refractivity contribution in [2.24, 2.45) is 0 Å². The first-order chi connectivity index (χ1) is 18.3. The predicted molar refractivity (Wildman–Crippen MR) is 133 cm³/mol. The summed E-state index contributed by atoms with van der Waals surface area (Å²) in [4.78, 5) is 16.4. The summed E-state index contributed by atoms with van der Waals surface area (Å²) in [5.41, 5.74) is -2.75. The number of nitrogens with one attached hydrogen (secondary N) is 3. The fourth-order valence-corrected chi connectivity index (χ4v) is 5.11. The first-order valence-corrected chi connectivity index (χ1v) is 13.7. The smallest absolute Gasteiger partial charge is 0.382 e. The number of aromatic nitrogens is 1. The number of halogens is 6. The van der Waals surface area contributed by atoms with Gasteiger partial charge in [-0.2, -0.15) is 13.2 Å². The van der Waals surface area contributed by atoms with E-state index in [1.54, 1.807) is 0 Å². The zero-order valence-corrected chi connectivity index (χ0v) is 21.3. The van der Waals surface area contributed by atoms with E-state index in [0.717, 1.165) is 36.4 Å². The SMILES string of the molecule is CCS(=O)(=O)Nc1ccc(F)c(C(=O)N[C@@H]2CCC[C@H](Nc3cc(C(F)(F)F)nc4ccc(F)cc34)C2)c1F. The maximum absolute atomic E-state index is 14.9. The standard InChI is InChI=1S/C25H24F6N4O3S/c1-2-39(37,38)35-19-9-7-17(27)22(23(19)28)24(36)33-15-5-3-4-14(11-15)32-20-12-21(25(29,30)31)34-18-8-6-13(26)10-16(18)20/h6-10,12,14-15,35H,2-5,11H2,1H3,(H,32,34)(H,33,36)/t14-,15+/m0/s1. The molecule has 3 aromatic rings. The van der Waals surface area contributed by atoms with Crippen LogP contribution in [0.4, 0.5) is 37.7 Å². The van der Waals surface area contributed by atoms with Gasteiger partial charge in [0.15, 0.2) is 5.82 Å². The topological polar surface area (TPSA) is 100 Å². The van der Waals surface area contributed by atoms with Gasteiger partial charge in [-0.25, -0.2) is 26.6 Å². The van der Waals surface area contributed by atoms with Crippen LogP contribution in [0.5, 0.6) is 0 Å². The minimum absolute atomic E-state index is 0.0109. The summed E-state index contributed by atoms with van der Waals surface area (Å²) in [5.74, 6) is -4.71. The molecule has 2 atom stereocenters. The number of nitrogens with zero attached hydrogens (tertiary/aromatic N) is 1. The Bertz CT molecular complexity index is 1510. The number of anilines is 2. The zero-order valence-electron chi connectivity index (χ0n) is 20.5. The van der Waals surface area contributed by atoms with Crippen molar-refractivity contribution >= 4 is 38.2 Å². The summed E-state index contributed by atoms with van der Waals surface area (Å²) in [5, 5.41) is 5.66. The molecular formula is C25H24F6N4O3S. The second-order valence-corrected chi connectivity index (χ2v) is 11.2. The minimum Gasteiger partial charge on any atom is -0.382 e. The zero-order chi connectivity index (χ0) is 28.5. The molecule has 1 heterocycles. The summed E-state index contributed by atoms with van der Waals surface area (Å²) in [6, 6.07) is 4.57. The van der Waals surface area contributed by atoms with E-state index < -0.39 is 68.6 Å². The molecule has 1 saturated carbocycles. The summed E-state index contributed by atoms with van der Waals surface area (Å²) in [6.45, 7) is 1.32. The van der Waals surface area contributed by atoms with Crippen molar-refractivity contribution in [3.05, 3.63) is 65.1 Å². The Kier molecular flexibility index (Phi) is 7.96. The van der Waals surface area contributed by atoms with E-state index in [1.165, 1.54) is 6.92 Å². The van der Waals surface area contributed by atoms with Crippen molar-refractivity contribution in [1.82, 2.24) is 10.3 Å². The summed E-state index contributed by atoms with van der Waals surface area (Å²) < 4.78 is 109. The Morgan fingerprint density at radius 1 is 1.03 bits per heavy atom. The molecule has 1 aliphatic carbocycles. The number of fused-ring (bicyclic) bond motifs is 1. The monoisotopic (exact) mass is 574 g/mol. The van der Waals surface area contributed by atoms with Crippen molar-refractivity contribution in [3.63, 3.8) is 0 Å². The van der Waals surface area contributed by atoms with Gasteiger partial charge in [0.05, 0.1) is 17.0 Å². The molecule has 0 bridgehead atoms. The molecule has 1 amide bonds. The Labute approximate surface area is 220 Å². The average molecular weight is 575 g/mol. The van der Waals surface area contributed by atoms with E-state index in [2.05, 4.69) is 15.6 Å². The van der Waals surface area contributed by atoms with Crippen LogP contribution in [0.25, 0.3) is 10.9 Å². The number of sulfonamides is 1. The lowest BCUT2D eigenvalue weighted by Crippen LogP contribution is -2.42. The van der Waals surface area contributed by atoms with Crippen molar-refractivity contribution in [2.75, 3.05) is 15.8 Å². The van der Waals surface area contributed by atoms with Gasteiger partial charge in [0.25, 0.3) is 5.91 Å². The molecule has 0 saturated heterocycles. The van der Waals surface area contributed by atoms with Crippen LogP contribution >= 0.6 is 0 Å². The maximum atomic E-state index is 14.9. The van der Waals surface area contributed by atoms with Crippen LogP contribution in [-0.4, -0.2) is 37.1 Å². The molecule has 1 fully saturated rings. The van der Waals surface area contributed by atoms with Crippen LogP contribution in [0.1, 0.15) is 48.7 Å². The van der Waals surface area contributed by atoms with E-state index >= 15 is 0 Å². The molecule has 2 aromatic carbocycles. The first-order valence-electron chi connectivity index (χ1n) is 12.0. The normalized spacial score (nSPS) is 18.1. The Balaban J connectivity index is 1.54. The van der Waals surface area contributed by atoms with Crippen LogP contribution in [0.3, 0.4) is 0 Å². The van der Waals surface area contributed by atoms with Crippen molar-refractivity contribution in [3.8, 4) is 0 Å². The van der Waals surface area contributed by atoms with Gasteiger partial charge in [0, 0.05) is 23.2 Å². The minimum atomic E-state index is -4.74. The van der Waals surface area contributed by atoms with Crippen molar-refractivity contribution in [1.29, 1.82) is 0 Å². The Morgan fingerprint density at radius 3 is 2.44 bits per heavy atom. The molecular weight excluding hydrogens is 550 g/mol. The van der Waals surface area contributed by atoms with Gasteiger partial charge in [-0.1, -0.05) is 0 Å². The van der Waals surface area contributed by atoms with Gasteiger partial charge in [-0.05, 0) is 69.0 Å².